The predicted octanol–water partition coefficient (Wildman–Crippen LogP) is 10.2. The monoisotopic (exact) mass is 524 g/mol. The molecule has 0 radical (unpaired) electrons. The fourth-order valence-corrected chi connectivity index (χ4v) is 7.56. The fourth-order valence-electron chi connectivity index (χ4n) is 7.56. The van der Waals surface area contributed by atoms with Crippen molar-refractivity contribution in [2.24, 2.45) is 0 Å². The van der Waals surface area contributed by atoms with E-state index in [1.807, 2.05) is 14.2 Å². The second-order valence-corrected chi connectivity index (χ2v) is 12.1. The molecule has 1 unspecified atom stereocenters. The molecule has 0 bridgehead atoms. The summed E-state index contributed by atoms with van der Waals surface area (Å²) >= 11 is 0. The molecule has 0 saturated heterocycles. The van der Waals surface area contributed by atoms with E-state index in [0.717, 1.165) is 17.9 Å². The molecule has 0 spiro atoms. The van der Waals surface area contributed by atoms with Crippen LogP contribution in [-0.4, -0.2) is 14.2 Å². The van der Waals surface area contributed by atoms with Gasteiger partial charge >= 0.3 is 0 Å². The maximum Gasteiger partial charge on any atom is 0.123 e. The van der Waals surface area contributed by atoms with Gasteiger partial charge in [-0.05, 0) is 109 Å². The molecule has 3 aromatic carbocycles. The molecule has 2 nitrogen and oxygen atoms in total. The van der Waals surface area contributed by atoms with Crippen molar-refractivity contribution in [3.63, 3.8) is 0 Å². The Kier molecular flexibility index (Phi) is 9.00. The molecule has 208 valence electrons. The zero-order valence-electron chi connectivity index (χ0n) is 24.9. The molecule has 1 atom stereocenters. The van der Waals surface area contributed by atoms with Crippen molar-refractivity contribution in [3.05, 3.63) is 93.0 Å². The van der Waals surface area contributed by atoms with Gasteiger partial charge < -0.3 is 9.47 Å². The van der Waals surface area contributed by atoms with Gasteiger partial charge in [0.1, 0.15) is 11.5 Å². The van der Waals surface area contributed by atoms with E-state index in [1.54, 1.807) is 5.56 Å². The van der Waals surface area contributed by atoms with Crippen LogP contribution in [0.1, 0.15) is 133 Å². The Morgan fingerprint density at radius 2 is 1.18 bits per heavy atom. The summed E-state index contributed by atoms with van der Waals surface area (Å²) in [6, 6.07) is 18.6. The van der Waals surface area contributed by atoms with Crippen LogP contribution in [0.15, 0.2) is 48.5 Å². The van der Waals surface area contributed by atoms with E-state index in [4.69, 9.17) is 9.47 Å². The Hall–Kier alpha value is -2.74. The minimum atomic E-state index is 0.114. The molecule has 2 saturated carbocycles. The third-order valence-corrected chi connectivity index (χ3v) is 9.69. The van der Waals surface area contributed by atoms with Crippen LogP contribution >= 0.6 is 0 Å². The molecule has 2 fully saturated rings. The van der Waals surface area contributed by atoms with Crippen molar-refractivity contribution in [2.75, 3.05) is 14.2 Å². The second kappa shape index (κ2) is 12.6. The summed E-state index contributed by atoms with van der Waals surface area (Å²) in [5.74, 6) is 3.40. The lowest BCUT2D eigenvalue weighted by atomic mass is 9.74. The van der Waals surface area contributed by atoms with E-state index >= 15 is 0 Å². The molecule has 5 rings (SSSR count). The Bertz CT molecular complexity index is 1190. The van der Waals surface area contributed by atoms with Gasteiger partial charge in [-0.15, -0.1) is 0 Å². The summed E-state index contributed by atoms with van der Waals surface area (Å²) in [5.41, 5.74) is 11.3. The normalized spacial score (nSPS) is 17.7. The average molecular weight is 525 g/mol. The molecular weight excluding hydrogens is 476 g/mol. The third kappa shape index (κ3) is 5.76. The number of hydrogen-bond acceptors (Lipinski definition) is 2. The van der Waals surface area contributed by atoms with Crippen molar-refractivity contribution < 1.29 is 9.47 Å². The molecule has 3 aromatic rings. The molecular formula is C37H48O2. The highest BCUT2D eigenvalue weighted by Crippen LogP contribution is 2.46. The molecule has 2 heteroatoms. The van der Waals surface area contributed by atoms with E-state index in [-0.39, 0.29) is 5.92 Å². The Labute approximate surface area is 237 Å². The Morgan fingerprint density at radius 3 is 1.77 bits per heavy atom. The molecule has 2 aliphatic rings. The molecule has 0 amide bonds. The first-order chi connectivity index (χ1) is 19.0. The molecule has 0 N–H and O–H groups in total. The highest BCUT2D eigenvalue weighted by Gasteiger charge is 2.29. The SMILES string of the molecule is CCc1cc(C)c(C(c2cc(C3CCCCC3)c(OC)cc2C)c2ccccc2OC)cc1C1CCCCC1. The van der Waals surface area contributed by atoms with Gasteiger partial charge in [-0.3, -0.25) is 0 Å². The van der Waals surface area contributed by atoms with Gasteiger partial charge in [0.25, 0.3) is 0 Å². The summed E-state index contributed by atoms with van der Waals surface area (Å²) in [6.45, 7) is 6.91. The first kappa shape index (κ1) is 27.8. The summed E-state index contributed by atoms with van der Waals surface area (Å²) in [4.78, 5) is 0. The van der Waals surface area contributed by atoms with Crippen LogP contribution < -0.4 is 9.47 Å². The quantitative estimate of drug-likeness (QED) is 0.273. The van der Waals surface area contributed by atoms with Gasteiger partial charge in [0.15, 0.2) is 0 Å². The molecule has 0 aliphatic heterocycles. The van der Waals surface area contributed by atoms with Gasteiger partial charge in [-0.25, -0.2) is 0 Å². The number of para-hydroxylation sites is 1. The van der Waals surface area contributed by atoms with E-state index in [2.05, 4.69) is 69.3 Å². The maximum absolute atomic E-state index is 6.01. The van der Waals surface area contributed by atoms with Crippen molar-refractivity contribution in [3.8, 4) is 11.5 Å². The van der Waals surface area contributed by atoms with Crippen LogP contribution in [0.3, 0.4) is 0 Å². The van der Waals surface area contributed by atoms with Crippen LogP contribution in [0.25, 0.3) is 0 Å². The Morgan fingerprint density at radius 1 is 0.641 bits per heavy atom. The van der Waals surface area contributed by atoms with Gasteiger partial charge in [-0.1, -0.05) is 81.8 Å². The van der Waals surface area contributed by atoms with E-state index in [9.17, 15) is 0 Å². The number of benzene rings is 3. The fraction of sp³-hybridized carbons (Fsp3) is 0.514. The van der Waals surface area contributed by atoms with Crippen molar-refractivity contribution in [1.29, 1.82) is 0 Å². The number of methoxy groups -OCH3 is 2. The molecule has 0 heterocycles. The zero-order valence-corrected chi connectivity index (χ0v) is 24.9. The smallest absolute Gasteiger partial charge is 0.123 e. The van der Waals surface area contributed by atoms with Gasteiger partial charge in [-0.2, -0.15) is 0 Å². The van der Waals surface area contributed by atoms with Crippen LogP contribution in [0.5, 0.6) is 11.5 Å². The highest BCUT2D eigenvalue weighted by atomic mass is 16.5. The average Bonchev–Trinajstić information content (AvgIpc) is 2.99. The largest absolute Gasteiger partial charge is 0.496 e. The Balaban J connectivity index is 1.73. The van der Waals surface area contributed by atoms with Crippen LogP contribution in [0.4, 0.5) is 0 Å². The number of hydrogen-bond donors (Lipinski definition) is 0. The van der Waals surface area contributed by atoms with Crippen molar-refractivity contribution >= 4 is 0 Å². The molecule has 39 heavy (non-hydrogen) atoms. The van der Waals surface area contributed by atoms with Gasteiger partial charge in [0.2, 0.25) is 0 Å². The number of rotatable bonds is 8. The molecule has 0 aromatic heterocycles. The van der Waals surface area contributed by atoms with Crippen LogP contribution in [-0.2, 0) is 6.42 Å². The standard InChI is InChI=1S/C37H48O2/c1-6-27-21-25(2)31(23-33(27)28-15-9-7-10-16-28)37(30-19-13-14-20-35(30)38-4)32-24-34(29-17-11-8-12-18-29)36(39-5)22-26(32)3/h13-14,19-24,28-29,37H,6-12,15-18H2,1-5H3. The predicted molar refractivity (Wildman–Crippen MR) is 164 cm³/mol. The summed E-state index contributed by atoms with van der Waals surface area (Å²) < 4.78 is 12.0. The van der Waals surface area contributed by atoms with Crippen molar-refractivity contribution in [1.82, 2.24) is 0 Å². The van der Waals surface area contributed by atoms with Gasteiger partial charge in [0.05, 0.1) is 14.2 Å². The van der Waals surface area contributed by atoms with E-state index in [1.165, 1.54) is 103 Å². The van der Waals surface area contributed by atoms with E-state index < -0.39 is 0 Å². The lowest BCUT2D eigenvalue weighted by molar-refractivity contribution is 0.386. The summed E-state index contributed by atoms with van der Waals surface area (Å²) in [6.07, 6.45) is 14.3. The topological polar surface area (TPSA) is 18.5 Å². The highest BCUT2D eigenvalue weighted by molar-refractivity contribution is 5.57. The maximum atomic E-state index is 6.01. The minimum absolute atomic E-state index is 0.114. The third-order valence-electron chi connectivity index (χ3n) is 9.69. The molecule has 2 aliphatic carbocycles. The number of ether oxygens (including phenoxy) is 2. The zero-order chi connectivity index (χ0) is 27.4. The van der Waals surface area contributed by atoms with E-state index in [0.29, 0.717) is 11.8 Å². The summed E-state index contributed by atoms with van der Waals surface area (Å²) in [7, 11) is 3.65. The van der Waals surface area contributed by atoms with Crippen molar-refractivity contribution in [2.45, 2.75) is 109 Å². The summed E-state index contributed by atoms with van der Waals surface area (Å²) in [5, 5.41) is 0. The van der Waals surface area contributed by atoms with Crippen LogP contribution in [0.2, 0.25) is 0 Å². The number of aryl methyl sites for hydroxylation is 3. The van der Waals surface area contributed by atoms with Gasteiger partial charge in [0, 0.05) is 11.5 Å². The van der Waals surface area contributed by atoms with Crippen LogP contribution in [0, 0.1) is 13.8 Å². The lowest BCUT2D eigenvalue weighted by Crippen LogP contribution is -2.14. The minimum Gasteiger partial charge on any atom is -0.496 e. The first-order valence-corrected chi connectivity index (χ1v) is 15.5. The second-order valence-electron chi connectivity index (χ2n) is 12.1. The lowest BCUT2D eigenvalue weighted by Gasteiger charge is -2.31. The first-order valence-electron chi connectivity index (χ1n) is 15.5.